The van der Waals surface area contributed by atoms with Gasteiger partial charge in [-0.05, 0) is 54.1 Å². The maximum Gasteiger partial charge on any atom is 0.244 e. The molecule has 3 aromatic heterocycles. The fourth-order valence-corrected chi connectivity index (χ4v) is 4.19. The predicted molar refractivity (Wildman–Crippen MR) is 134 cm³/mol. The Hall–Kier alpha value is -2.76. The second kappa shape index (κ2) is 10.4. The molecule has 0 saturated carbocycles. The van der Waals surface area contributed by atoms with Gasteiger partial charge in [-0.15, -0.1) is 0 Å². The standard InChI is InChI=1S/C23H28IN7O2/c1-4-5-17-12-20(19-7-6-18(24)16(2)27-19)28-31(17)14-23(32)30-10-8-29(9-11-30)21-13-22(33-3)26-15-25-21/h6-7,12-13,15H,4-5,8-11,14H2,1-3H3. The Morgan fingerprint density at radius 1 is 1.12 bits per heavy atom. The average Bonchev–Trinajstić information content (AvgIpc) is 3.23. The molecule has 0 aliphatic carbocycles. The Labute approximate surface area is 207 Å². The van der Waals surface area contributed by atoms with Crippen LogP contribution >= 0.6 is 22.6 Å². The van der Waals surface area contributed by atoms with Crippen molar-refractivity contribution in [3.63, 3.8) is 0 Å². The molecule has 3 aromatic rings. The Morgan fingerprint density at radius 2 is 1.91 bits per heavy atom. The third-order valence-corrected chi connectivity index (χ3v) is 6.87. The maximum absolute atomic E-state index is 13.1. The molecule has 0 radical (unpaired) electrons. The second-order valence-corrected chi connectivity index (χ2v) is 9.14. The summed E-state index contributed by atoms with van der Waals surface area (Å²) in [5.74, 6) is 1.43. The Bertz CT molecular complexity index is 1130. The molecule has 4 rings (SSSR count). The molecule has 9 nitrogen and oxygen atoms in total. The quantitative estimate of drug-likeness (QED) is 0.410. The molecule has 10 heteroatoms. The highest BCUT2D eigenvalue weighted by atomic mass is 127. The number of aromatic nitrogens is 5. The van der Waals surface area contributed by atoms with Crippen LogP contribution in [-0.2, 0) is 17.8 Å². The smallest absolute Gasteiger partial charge is 0.244 e. The van der Waals surface area contributed by atoms with Crippen LogP contribution in [0.15, 0.2) is 30.6 Å². The highest BCUT2D eigenvalue weighted by Crippen LogP contribution is 2.22. The number of amides is 1. The first-order valence-electron chi connectivity index (χ1n) is 11.1. The molecule has 33 heavy (non-hydrogen) atoms. The molecule has 0 spiro atoms. The van der Waals surface area contributed by atoms with Crippen molar-refractivity contribution in [1.82, 2.24) is 29.6 Å². The summed E-state index contributed by atoms with van der Waals surface area (Å²) in [6.45, 7) is 7.07. The number of rotatable bonds is 7. The molecule has 1 saturated heterocycles. The van der Waals surface area contributed by atoms with E-state index in [0.29, 0.717) is 32.1 Å². The minimum absolute atomic E-state index is 0.0775. The molecule has 4 heterocycles. The van der Waals surface area contributed by atoms with E-state index in [2.05, 4.69) is 61.5 Å². The van der Waals surface area contributed by atoms with E-state index in [9.17, 15) is 4.79 Å². The summed E-state index contributed by atoms with van der Waals surface area (Å²) in [6.07, 6.45) is 3.35. The van der Waals surface area contributed by atoms with Crippen LogP contribution in [0.4, 0.5) is 5.82 Å². The van der Waals surface area contributed by atoms with Gasteiger partial charge < -0.3 is 14.5 Å². The van der Waals surface area contributed by atoms with Gasteiger partial charge in [-0.3, -0.25) is 14.5 Å². The lowest BCUT2D eigenvalue weighted by molar-refractivity contribution is -0.132. The van der Waals surface area contributed by atoms with Gasteiger partial charge in [0.2, 0.25) is 11.8 Å². The number of hydrogen-bond acceptors (Lipinski definition) is 7. The lowest BCUT2D eigenvalue weighted by Gasteiger charge is -2.35. The van der Waals surface area contributed by atoms with E-state index in [4.69, 9.17) is 9.84 Å². The van der Waals surface area contributed by atoms with Crippen LogP contribution in [-0.4, -0.2) is 68.8 Å². The van der Waals surface area contributed by atoms with Gasteiger partial charge >= 0.3 is 0 Å². The molecular weight excluding hydrogens is 533 g/mol. The van der Waals surface area contributed by atoms with E-state index in [0.717, 1.165) is 45.0 Å². The molecule has 0 aromatic carbocycles. The molecule has 1 aliphatic heterocycles. The van der Waals surface area contributed by atoms with Gasteiger partial charge in [-0.25, -0.2) is 9.97 Å². The lowest BCUT2D eigenvalue weighted by Crippen LogP contribution is -2.50. The van der Waals surface area contributed by atoms with Crippen LogP contribution in [0.25, 0.3) is 11.4 Å². The van der Waals surface area contributed by atoms with Crippen molar-refractivity contribution >= 4 is 34.3 Å². The number of aryl methyl sites for hydroxylation is 2. The largest absolute Gasteiger partial charge is 0.481 e. The summed E-state index contributed by atoms with van der Waals surface area (Å²) in [4.78, 5) is 30.2. The van der Waals surface area contributed by atoms with Crippen LogP contribution in [0.1, 0.15) is 24.7 Å². The minimum Gasteiger partial charge on any atom is -0.481 e. The van der Waals surface area contributed by atoms with Gasteiger partial charge in [0, 0.05) is 41.5 Å². The van der Waals surface area contributed by atoms with Crippen LogP contribution in [0.5, 0.6) is 5.88 Å². The van der Waals surface area contributed by atoms with Crippen molar-refractivity contribution in [2.75, 3.05) is 38.2 Å². The molecule has 1 aliphatic rings. The van der Waals surface area contributed by atoms with Gasteiger partial charge in [-0.2, -0.15) is 5.10 Å². The minimum atomic E-state index is 0.0775. The molecule has 1 amide bonds. The third kappa shape index (κ3) is 5.43. The van der Waals surface area contributed by atoms with Crippen molar-refractivity contribution in [3.8, 4) is 17.3 Å². The number of ether oxygens (including phenoxy) is 1. The van der Waals surface area contributed by atoms with Gasteiger partial charge in [0.15, 0.2) is 0 Å². The molecule has 0 atom stereocenters. The van der Waals surface area contributed by atoms with Crippen molar-refractivity contribution in [1.29, 1.82) is 0 Å². The zero-order chi connectivity index (χ0) is 23.4. The van der Waals surface area contributed by atoms with Gasteiger partial charge in [0.25, 0.3) is 0 Å². The first-order chi connectivity index (χ1) is 16.0. The van der Waals surface area contributed by atoms with Crippen molar-refractivity contribution in [2.45, 2.75) is 33.2 Å². The van der Waals surface area contributed by atoms with E-state index in [1.165, 1.54) is 6.33 Å². The topological polar surface area (TPSA) is 89.3 Å². The van der Waals surface area contributed by atoms with Crippen molar-refractivity contribution in [3.05, 3.63) is 45.6 Å². The van der Waals surface area contributed by atoms with Crippen LogP contribution in [0.2, 0.25) is 0 Å². The number of halogens is 1. The fraction of sp³-hybridized carbons (Fsp3) is 0.435. The summed E-state index contributed by atoms with van der Waals surface area (Å²) < 4.78 is 8.16. The van der Waals surface area contributed by atoms with Crippen molar-refractivity contribution < 1.29 is 9.53 Å². The summed E-state index contributed by atoms with van der Waals surface area (Å²) in [7, 11) is 1.59. The highest BCUT2D eigenvalue weighted by molar-refractivity contribution is 14.1. The Balaban J connectivity index is 1.43. The number of methoxy groups -OCH3 is 1. The van der Waals surface area contributed by atoms with E-state index < -0.39 is 0 Å². The van der Waals surface area contributed by atoms with Crippen LogP contribution < -0.4 is 9.64 Å². The summed E-state index contributed by atoms with van der Waals surface area (Å²) in [5, 5.41) is 4.75. The Kier molecular flexibility index (Phi) is 7.41. The molecule has 174 valence electrons. The van der Waals surface area contributed by atoms with E-state index >= 15 is 0 Å². The summed E-state index contributed by atoms with van der Waals surface area (Å²) >= 11 is 2.28. The summed E-state index contributed by atoms with van der Waals surface area (Å²) in [6, 6.07) is 7.92. The van der Waals surface area contributed by atoms with Crippen molar-refractivity contribution in [2.24, 2.45) is 0 Å². The van der Waals surface area contributed by atoms with Crippen LogP contribution in [0.3, 0.4) is 0 Å². The maximum atomic E-state index is 13.1. The molecular formula is C23H28IN7O2. The lowest BCUT2D eigenvalue weighted by atomic mass is 10.2. The average molecular weight is 561 g/mol. The molecule has 0 bridgehead atoms. The normalized spacial score (nSPS) is 13.9. The number of nitrogens with zero attached hydrogens (tertiary/aromatic N) is 7. The van der Waals surface area contributed by atoms with E-state index in [1.807, 2.05) is 28.6 Å². The van der Waals surface area contributed by atoms with Gasteiger partial charge in [0.1, 0.15) is 24.4 Å². The fourth-order valence-electron chi connectivity index (χ4n) is 3.89. The predicted octanol–water partition coefficient (Wildman–Crippen LogP) is 2.96. The summed E-state index contributed by atoms with van der Waals surface area (Å²) in [5.41, 5.74) is 3.69. The van der Waals surface area contributed by atoms with Gasteiger partial charge in [-0.1, -0.05) is 13.3 Å². The first-order valence-corrected chi connectivity index (χ1v) is 12.2. The SMILES string of the molecule is CCCc1cc(-c2ccc(I)c(C)n2)nn1CC(=O)N1CCN(c2cc(OC)ncn2)CC1. The second-order valence-electron chi connectivity index (χ2n) is 7.98. The zero-order valence-corrected chi connectivity index (χ0v) is 21.3. The van der Waals surface area contributed by atoms with E-state index in [-0.39, 0.29) is 12.5 Å². The Morgan fingerprint density at radius 3 is 2.61 bits per heavy atom. The number of carbonyl (C=O) groups is 1. The zero-order valence-electron chi connectivity index (χ0n) is 19.2. The number of pyridine rings is 1. The molecule has 1 fully saturated rings. The number of anilines is 1. The van der Waals surface area contributed by atoms with E-state index in [1.54, 1.807) is 7.11 Å². The number of carbonyl (C=O) groups excluding carboxylic acids is 1. The van der Waals surface area contributed by atoms with Crippen LogP contribution in [0, 0.1) is 10.5 Å². The van der Waals surface area contributed by atoms with Gasteiger partial charge in [0.05, 0.1) is 18.5 Å². The molecule has 0 unspecified atom stereocenters. The monoisotopic (exact) mass is 561 g/mol. The highest BCUT2D eigenvalue weighted by Gasteiger charge is 2.23. The first kappa shape index (κ1) is 23.4. The third-order valence-electron chi connectivity index (χ3n) is 5.73. The molecule has 0 N–H and O–H groups in total. The number of hydrogen-bond donors (Lipinski definition) is 0. The number of piperazine rings is 1.